The molecular weight excluding hydrogens is 350 g/mol. The Hall–Kier alpha value is -3.12. The van der Waals surface area contributed by atoms with Gasteiger partial charge in [0.1, 0.15) is 5.82 Å². The molecule has 0 radical (unpaired) electrons. The lowest BCUT2D eigenvalue weighted by molar-refractivity contribution is 0.122. The number of fused-ring (bicyclic) bond motifs is 1. The molecule has 5 rings (SSSR count). The number of ether oxygens (including phenoxy) is 1. The number of anilines is 1. The Morgan fingerprint density at radius 3 is 2.68 bits per heavy atom. The van der Waals surface area contributed by atoms with Crippen LogP contribution in [-0.2, 0) is 4.74 Å². The summed E-state index contributed by atoms with van der Waals surface area (Å²) in [6.07, 6.45) is 3.77. The third-order valence-corrected chi connectivity index (χ3v) is 5.35. The first-order chi connectivity index (χ1) is 13.7. The zero-order chi connectivity index (χ0) is 19.1. The number of imidazole rings is 2. The van der Waals surface area contributed by atoms with Gasteiger partial charge in [-0.2, -0.15) is 0 Å². The van der Waals surface area contributed by atoms with E-state index in [4.69, 9.17) is 4.74 Å². The maximum absolute atomic E-state index is 5.52. The second-order valence-electron chi connectivity index (χ2n) is 7.26. The van der Waals surface area contributed by atoms with E-state index in [9.17, 15) is 0 Å². The molecular formula is C22H23N5O. The molecule has 0 atom stereocenters. The number of hydrogen-bond acceptors (Lipinski definition) is 4. The van der Waals surface area contributed by atoms with Gasteiger partial charge in [-0.15, -0.1) is 0 Å². The lowest BCUT2D eigenvalue weighted by Gasteiger charge is -2.29. The minimum atomic E-state index is 0.775. The van der Waals surface area contributed by atoms with Crippen LogP contribution in [0.5, 0.6) is 0 Å². The lowest BCUT2D eigenvalue weighted by atomic mass is 10.0. The summed E-state index contributed by atoms with van der Waals surface area (Å²) in [5.74, 6) is 0.930. The Morgan fingerprint density at radius 2 is 1.89 bits per heavy atom. The molecule has 0 bridgehead atoms. The van der Waals surface area contributed by atoms with Gasteiger partial charge in [-0.1, -0.05) is 6.07 Å². The van der Waals surface area contributed by atoms with Crippen molar-refractivity contribution in [3.8, 4) is 16.8 Å². The monoisotopic (exact) mass is 373 g/mol. The third-order valence-electron chi connectivity index (χ3n) is 5.35. The Labute approximate surface area is 163 Å². The normalized spacial score (nSPS) is 14.7. The highest BCUT2D eigenvalue weighted by molar-refractivity contribution is 5.85. The van der Waals surface area contributed by atoms with Crippen LogP contribution in [0.3, 0.4) is 0 Å². The second kappa shape index (κ2) is 6.80. The maximum atomic E-state index is 5.52. The van der Waals surface area contributed by atoms with Crippen LogP contribution in [0, 0.1) is 13.8 Å². The van der Waals surface area contributed by atoms with Crippen molar-refractivity contribution in [3.05, 3.63) is 60.4 Å². The number of morpholine rings is 1. The van der Waals surface area contributed by atoms with Crippen molar-refractivity contribution in [1.82, 2.24) is 19.5 Å². The van der Waals surface area contributed by atoms with Crippen molar-refractivity contribution in [3.63, 3.8) is 0 Å². The van der Waals surface area contributed by atoms with E-state index in [-0.39, 0.29) is 0 Å². The molecule has 6 heteroatoms. The number of aryl methyl sites for hydroxylation is 2. The van der Waals surface area contributed by atoms with Crippen LogP contribution in [0.1, 0.15) is 11.5 Å². The quantitative estimate of drug-likeness (QED) is 0.592. The van der Waals surface area contributed by atoms with Crippen LogP contribution in [0.2, 0.25) is 0 Å². The molecule has 2 aromatic heterocycles. The number of hydrogen-bond donors (Lipinski definition) is 1. The van der Waals surface area contributed by atoms with Gasteiger partial charge in [-0.3, -0.25) is 0 Å². The van der Waals surface area contributed by atoms with E-state index in [1.807, 2.05) is 19.4 Å². The first-order valence-electron chi connectivity index (χ1n) is 9.62. The van der Waals surface area contributed by atoms with Crippen LogP contribution >= 0.6 is 0 Å². The molecule has 3 heterocycles. The van der Waals surface area contributed by atoms with Crippen LogP contribution in [0.15, 0.2) is 48.9 Å². The molecule has 1 aliphatic rings. The maximum Gasteiger partial charge on any atom is 0.104 e. The highest BCUT2D eigenvalue weighted by Gasteiger charge is 2.16. The summed E-state index contributed by atoms with van der Waals surface area (Å²) in [4.78, 5) is 14.6. The minimum absolute atomic E-state index is 0.775. The van der Waals surface area contributed by atoms with E-state index in [1.165, 1.54) is 11.3 Å². The van der Waals surface area contributed by atoms with E-state index < -0.39 is 0 Å². The van der Waals surface area contributed by atoms with Crippen molar-refractivity contribution in [1.29, 1.82) is 0 Å². The van der Waals surface area contributed by atoms with Crippen LogP contribution < -0.4 is 4.90 Å². The van der Waals surface area contributed by atoms with E-state index in [1.54, 1.807) is 0 Å². The van der Waals surface area contributed by atoms with Gasteiger partial charge in [0.15, 0.2) is 0 Å². The fourth-order valence-corrected chi connectivity index (χ4v) is 3.90. The molecule has 1 aliphatic heterocycles. The number of H-pyrrole nitrogens is 1. The fourth-order valence-electron chi connectivity index (χ4n) is 3.90. The van der Waals surface area contributed by atoms with E-state index in [0.29, 0.717) is 0 Å². The average molecular weight is 373 g/mol. The lowest BCUT2D eigenvalue weighted by Crippen LogP contribution is -2.36. The SMILES string of the molecule is Cc1nc2ccc(-c3cc(N4CCOCC4)ccc3-n3cncc3C)cc2[nH]1. The smallest absolute Gasteiger partial charge is 0.104 e. The zero-order valence-electron chi connectivity index (χ0n) is 16.1. The third kappa shape index (κ3) is 2.96. The van der Waals surface area contributed by atoms with Gasteiger partial charge in [-0.05, 0) is 49.7 Å². The summed E-state index contributed by atoms with van der Waals surface area (Å²) in [5, 5.41) is 0. The Kier molecular flexibility index (Phi) is 4.13. The van der Waals surface area contributed by atoms with Gasteiger partial charge in [0.05, 0.1) is 36.3 Å². The van der Waals surface area contributed by atoms with E-state index in [0.717, 1.165) is 60.1 Å². The highest BCUT2D eigenvalue weighted by Crippen LogP contribution is 2.33. The molecule has 0 saturated carbocycles. The van der Waals surface area contributed by atoms with Crippen molar-refractivity contribution in [2.45, 2.75) is 13.8 Å². The minimum Gasteiger partial charge on any atom is -0.378 e. The standard InChI is InChI=1S/C22H23N5O/c1-15-13-23-14-27(15)22-6-4-18(26-7-9-28-10-8-26)12-19(22)17-3-5-20-21(11-17)25-16(2)24-20/h3-6,11-14H,7-10H2,1-2H3,(H,24,25). The molecule has 2 aromatic carbocycles. The predicted octanol–water partition coefficient (Wildman–Crippen LogP) is 3.87. The number of aromatic nitrogens is 4. The summed E-state index contributed by atoms with van der Waals surface area (Å²) < 4.78 is 7.66. The largest absolute Gasteiger partial charge is 0.378 e. The summed E-state index contributed by atoms with van der Waals surface area (Å²) in [7, 11) is 0. The molecule has 0 unspecified atom stereocenters. The van der Waals surface area contributed by atoms with E-state index in [2.05, 4.69) is 67.7 Å². The molecule has 4 aromatic rings. The number of aromatic amines is 1. The van der Waals surface area contributed by atoms with Crippen molar-refractivity contribution in [2.24, 2.45) is 0 Å². The van der Waals surface area contributed by atoms with Gasteiger partial charge in [-0.25, -0.2) is 9.97 Å². The van der Waals surface area contributed by atoms with Gasteiger partial charge < -0.3 is 19.2 Å². The molecule has 1 N–H and O–H groups in total. The number of rotatable bonds is 3. The fraction of sp³-hybridized carbons (Fsp3) is 0.273. The summed E-state index contributed by atoms with van der Waals surface area (Å²) in [6, 6.07) is 13.1. The number of nitrogens with one attached hydrogen (secondary N) is 1. The van der Waals surface area contributed by atoms with Gasteiger partial charge in [0, 0.05) is 36.2 Å². The van der Waals surface area contributed by atoms with Crippen molar-refractivity contribution >= 4 is 16.7 Å². The van der Waals surface area contributed by atoms with E-state index >= 15 is 0 Å². The first kappa shape index (κ1) is 17.0. The molecule has 142 valence electrons. The van der Waals surface area contributed by atoms with Gasteiger partial charge in [0.2, 0.25) is 0 Å². The Bertz CT molecular complexity index is 1140. The average Bonchev–Trinajstić information content (AvgIpc) is 3.32. The summed E-state index contributed by atoms with van der Waals surface area (Å²) >= 11 is 0. The number of nitrogens with zero attached hydrogens (tertiary/aromatic N) is 4. The van der Waals surface area contributed by atoms with Crippen molar-refractivity contribution in [2.75, 3.05) is 31.2 Å². The summed E-state index contributed by atoms with van der Waals surface area (Å²) in [6.45, 7) is 7.45. The van der Waals surface area contributed by atoms with Crippen LogP contribution in [0.4, 0.5) is 5.69 Å². The van der Waals surface area contributed by atoms with Crippen LogP contribution in [0.25, 0.3) is 27.8 Å². The predicted molar refractivity (Wildman–Crippen MR) is 111 cm³/mol. The Balaban J connectivity index is 1.68. The number of benzene rings is 2. The molecule has 0 aliphatic carbocycles. The molecule has 0 spiro atoms. The van der Waals surface area contributed by atoms with Gasteiger partial charge >= 0.3 is 0 Å². The van der Waals surface area contributed by atoms with Gasteiger partial charge in [0.25, 0.3) is 0 Å². The van der Waals surface area contributed by atoms with Crippen LogP contribution in [-0.4, -0.2) is 45.8 Å². The second-order valence-corrected chi connectivity index (χ2v) is 7.26. The van der Waals surface area contributed by atoms with Crippen molar-refractivity contribution < 1.29 is 4.74 Å². The molecule has 1 fully saturated rings. The topological polar surface area (TPSA) is 59.0 Å². The molecule has 0 amide bonds. The molecule has 28 heavy (non-hydrogen) atoms. The highest BCUT2D eigenvalue weighted by atomic mass is 16.5. The molecule has 1 saturated heterocycles. The molecule has 6 nitrogen and oxygen atoms in total. The Morgan fingerprint density at radius 1 is 1.04 bits per heavy atom. The summed E-state index contributed by atoms with van der Waals surface area (Å²) in [5.41, 5.74) is 7.85. The zero-order valence-corrected chi connectivity index (χ0v) is 16.1. The first-order valence-corrected chi connectivity index (χ1v) is 9.62.